The number of anilines is 1. The molecule has 0 unspecified atom stereocenters. The Morgan fingerprint density at radius 1 is 1.13 bits per heavy atom. The Labute approximate surface area is 175 Å². The molecule has 0 atom stereocenters. The van der Waals surface area contributed by atoms with Gasteiger partial charge in [-0.25, -0.2) is 0 Å². The Kier molecular flexibility index (Phi) is 7.94. The number of nitrogens with zero attached hydrogens (tertiary/aromatic N) is 1. The van der Waals surface area contributed by atoms with Crippen LogP contribution in [0.5, 0.6) is 5.75 Å². The van der Waals surface area contributed by atoms with E-state index in [1.165, 1.54) is 0 Å². The van der Waals surface area contributed by atoms with E-state index in [9.17, 15) is 32.9 Å². The summed E-state index contributed by atoms with van der Waals surface area (Å²) in [4.78, 5) is 33.5. The molecular formula is C20H19F3N2O6. The number of nitro groups is 1. The number of hydrogen-bond donors (Lipinski definition) is 1. The fraction of sp³-hybridized carbons (Fsp3) is 0.300. The molecule has 1 N–H and O–H groups in total. The maximum absolute atomic E-state index is 12.7. The first-order valence-corrected chi connectivity index (χ1v) is 9.07. The number of nitro benzene ring substituents is 1. The lowest BCUT2D eigenvalue weighted by Gasteiger charge is -2.10. The third-order valence-corrected chi connectivity index (χ3v) is 3.98. The number of rotatable bonds is 9. The lowest BCUT2D eigenvalue weighted by atomic mass is 10.1. The van der Waals surface area contributed by atoms with E-state index < -0.39 is 46.5 Å². The highest BCUT2D eigenvalue weighted by atomic mass is 19.4. The Morgan fingerprint density at radius 2 is 1.81 bits per heavy atom. The predicted molar refractivity (Wildman–Crippen MR) is 104 cm³/mol. The number of esters is 1. The zero-order chi connectivity index (χ0) is 23.0. The van der Waals surface area contributed by atoms with Crippen LogP contribution in [0.1, 0.15) is 24.0 Å². The maximum atomic E-state index is 12.7. The van der Waals surface area contributed by atoms with E-state index in [0.717, 1.165) is 11.6 Å². The van der Waals surface area contributed by atoms with Crippen molar-refractivity contribution in [1.29, 1.82) is 0 Å². The minimum Gasteiger partial charge on any atom is -0.494 e. The molecule has 0 radical (unpaired) electrons. The van der Waals surface area contributed by atoms with Crippen LogP contribution in [0.15, 0.2) is 42.5 Å². The number of alkyl halides is 3. The van der Waals surface area contributed by atoms with E-state index in [4.69, 9.17) is 9.47 Å². The molecule has 0 fully saturated rings. The smallest absolute Gasteiger partial charge is 0.416 e. The van der Waals surface area contributed by atoms with Gasteiger partial charge in [-0.05, 0) is 37.6 Å². The molecule has 8 nitrogen and oxygen atoms in total. The van der Waals surface area contributed by atoms with Crippen molar-refractivity contribution >= 4 is 23.3 Å². The van der Waals surface area contributed by atoms with Gasteiger partial charge in [0.05, 0.1) is 17.1 Å². The van der Waals surface area contributed by atoms with Crippen LogP contribution in [0, 0.1) is 17.0 Å². The molecular weight excluding hydrogens is 421 g/mol. The number of hydrogen-bond acceptors (Lipinski definition) is 6. The van der Waals surface area contributed by atoms with Crippen molar-refractivity contribution in [2.24, 2.45) is 0 Å². The molecule has 2 aromatic rings. The van der Waals surface area contributed by atoms with Gasteiger partial charge in [-0.1, -0.05) is 17.7 Å². The molecule has 0 aliphatic heterocycles. The molecule has 11 heteroatoms. The molecule has 2 aromatic carbocycles. The highest BCUT2D eigenvalue weighted by molar-refractivity contribution is 5.94. The molecule has 166 valence electrons. The lowest BCUT2D eigenvalue weighted by molar-refractivity contribution is -0.384. The third-order valence-electron chi connectivity index (χ3n) is 3.98. The summed E-state index contributed by atoms with van der Waals surface area (Å²) in [6.07, 6.45) is -4.47. The van der Waals surface area contributed by atoms with Gasteiger partial charge in [-0.2, -0.15) is 13.2 Å². The molecule has 2 rings (SSSR count). The van der Waals surface area contributed by atoms with E-state index in [-0.39, 0.29) is 13.0 Å². The van der Waals surface area contributed by atoms with Crippen LogP contribution in [-0.2, 0) is 20.5 Å². The van der Waals surface area contributed by atoms with Crippen LogP contribution in [-0.4, -0.2) is 30.0 Å². The average molecular weight is 440 g/mol. The minimum atomic E-state index is -4.77. The monoisotopic (exact) mass is 440 g/mol. The highest BCUT2D eigenvalue weighted by Crippen LogP contribution is 2.34. The van der Waals surface area contributed by atoms with Crippen LogP contribution in [0.3, 0.4) is 0 Å². The number of amides is 1. The number of carbonyl (C=O) groups is 2. The van der Waals surface area contributed by atoms with Gasteiger partial charge in [0, 0.05) is 12.5 Å². The summed E-state index contributed by atoms with van der Waals surface area (Å²) in [6, 6.07) is 9.02. The molecule has 0 spiro atoms. The first-order valence-electron chi connectivity index (χ1n) is 9.07. The van der Waals surface area contributed by atoms with Crippen molar-refractivity contribution in [2.45, 2.75) is 25.9 Å². The van der Waals surface area contributed by atoms with Gasteiger partial charge in [-0.15, -0.1) is 0 Å². The van der Waals surface area contributed by atoms with E-state index in [0.29, 0.717) is 24.3 Å². The van der Waals surface area contributed by atoms with Gasteiger partial charge in [0.2, 0.25) is 0 Å². The van der Waals surface area contributed by atoms with Crippen molar-refractivity contribution in [1.82, 2.24) is 0 Å². The van der Waals surface area contributed by atoms with Crippen LogP contribution in [0.4, 0.5) is 24.5 Å². The van der Waals surface area contributed by atoms with Crippen molar-refractivity contribution in [2.75, 3.05) is 18.5 Å². The number of benzene rings is 2. The van der Waals surface area contributed by atoms with E-state index in [1.54, 1.807) is 12.1 Å². The average Bonchev–Trinajstić information content (AvgIpc) is 2.70. The van der Waals surface area contributed by atoms with Gasteiger partial charge < -0.3 is 14.8 Å². The van der Waals surface area contributed by atoms with E-state index >= 15 is 0 Å². The summed E-state index contributed by atoms with van der Waals surface area (Å²) in [5.74, 6) is -0.965. The maximum Gasteiger partial charge on any atom is 0.416 e. The zero-order valence-electron chi connectivity index (χ0n) is 16.4. The Hall–Kier alpha value is -3.63. The van der Waals surface area contributed by atoms with Crippen LogP contribution < -0.4 is 10.1 Å². The first-order chi connectivity index (χ1) is 14.6. The Balaban J connectivity index is 1.78. The molecule has 0 heterocycles. The van der Waals surface area contributed by atoms with Gasteiger partial charge in [0.25, 0.3) is 11.6 Å². The van der Waals surface area contributed by atoms with E-state index in [2.05, 4.69) is 5.32 Å². The second-order valence-corrected chi connectivity index (χ2v) is 6.46. The van der Waals surface area contributed by atoms with Crippen LogP contribution in [0.2, 0.25) is 0 Å². The van der Waals surface area contributed by atoms with Crippen molar-refractivity contribution in [3.63, 3.8) is 0 Å². The predicted octanol–water partition coefficient (Wildman–Crippen LogP) is 4.26. The molecule has 0 aromatic heterocycles. The normalized spacial score (nSPS) is 11.0. The van der Waals surface area contributed by atoms with Crippen molar-refractivity contribution in [3.05, 3.63) is 63.7 Å². The lowest BCUT2D eigenvalue weighted by Crippen LogP contribution is -2.21. The van der Waals surface area contributed by atoms with Crippen LogP contribution in [0.25, 0.3) is 0 Å². The van der Waals surface area contributed by atoms with Crippen LogP contribution >= 0.6 is 0 Å². The second-order valence-electron chi connectivity index (χ2n) is 6.46. The number of ether oxygens (including phenoxy) is 2. The summed E-state index contributed by atoms with van der Waals surface area (Å²) in [6.45, 7) is 1.45. The van der Waals surface area contributed by atoms with Gasteiger partial charge in [-0.3, -0.25) is 19.7 Å². The standard InChI is InChI=1S/C20H19F3N2O6/c1-13-4-7-15(8-5-13)30-10-2-3-19(27)31-12-18(26)24-16-9-6-14(20(21,22)23)11-17(16)25(28)29/h4-9,11H,2-3,10,12H2,1H3,(H,24,26). The molecule has 0 saturated carbocycles. The Morgan fingerprint density at radius 3 is 2.42 bits per heavy atom. The number of nitrogens with one attached hydrogen (secondary N) is 1. The summed E-state index contributed by atoms with van der Waals surface area (Å²) in [5, 5.41) is 13.1. The van der Waals surface area contributed by atoms with Crippen molar-refractivity contribution in [3.8, 4) is 5.75 Å². The number of aryl methyl sites for hydroxylation is 1. The molecule has 0 aliphatic rings. The van der Waals surface area contributed by atoms with Gasteiger partial charge >= 0.3 is 12.1 Å². The number of carbonyl (C=O) groups excluding carboxylic acids is 2. The second kappa shape index (κ2) is 10.4. The minimum absolute atomic E-state index is 0.0282. The zero-order valence-corrected chi connectivity index (χ0v) is 16.4. The van der Waals surface area contributed by atoms with Crippen molar-refractivity contribution < 1.29 is 37.2 Å². The molecule has 0 aliphatic carbocycles. The van der Waals surface area contributed by atoms with Gasteiger partial charge in [0.15, 0.2) is 6.61 Å². The summed E-state index contributed by atoms with van der Waals surface area (Å²) < 4.78 is 48.3. The molecule has 1 amide bonds. The summed E-state index contributed by atoms with van der Waals surface area (Å²) >= 11 is 0. The Bertz CT molecular complexity index is 945. The van der Waals surface area contributed by atoms with Gasteiger partial charge in [0.1, 0.15) is 11.4 Å². The fourth-order valence-electron chi connectivity index (χ4n) is 2.41. The van der Waals surface area contributed by atoms with E-state index in [1.807, 2.05) is 19.1 Å². The highest BCUT2D eigenvalue weighted by Gasteiger charge is 2.33. The molecule has 31 heavy (non-hydrogen) atoms. The largest absolute Gasteiger partial charge is 0.494 e. The fourth-order valence-corrected chi connectivity index (χ4v) is 2.41. The molecule has 0 saturated heterocycles. The molecule has 0 bridgehead atoms. The quantitative estimate of drug-likeness (QED) is 0.270. The summed E-state index contributed by atoms with van der Waals surface area (Å²) in [5.41, 5.74) is -1.51. The topological polar surface area (TPSA) is 108 Å². The SMILES string of the molecule is Cc1ccc(OCCCC(=O)OCC(=O)Nc2ccc(C(F)(F)F)cc2[N+](=O)[O-])cc1. The third kappa shape index (κ3) is 7.61. The number of halogens is 3. The first kappa shape index (κ1) is 23.6. The summed E-state index contributed by atoms with van der Waals surface area (Å²) in [7, 11) is 0.